The second-order valence-electron chi connectivity index (χ2n) is 6.19. The fourth-order valence-corrected chi connectivity index (χ4v) is 2.97. The molecule has 0 aliphatic rings. The molecule has 0 aromatic heterocycles. The number of likely N-dealkylation sites (N-methyl/N-ethyl adjacent to an activating group) is 1. The topological polar surface area (TPSA) is 50.8 Å². The molecule has 2 aromatic rings. The van der Waals surface area contributed by atoms with Crippen LogP contribution in [-0.4, -0.2) is 45.7 Å². The average molecular weight is 377 g/mol. The summed E-state index contributed by atoms with van der Waals surface area (Å²) in [5.74, 6) is 1.37. The molecule has 0 aliphatic carbocycles. The number of nitrogens with zero attached hydrogens (tertiary/aromatic N) is 1. The van der Waals surface area contributed by atoms with Crippen molar-refractivity contribution in [2.75, 3.05) is 34.9 Å². The highest BCUT2D eigenvalue weighted by Gasteiger charge is 2.17. The number of amides is 1. The predicted molar refractivity (Wildman–Crippen MR) is 104 cm³/mol. The standard InChI is InChI=1S/C20H25ClN2O3/c1-23(2)18(14-6-5-7-17(11-14)25-3)13-22-20(24)12-15-10-16(21)8-9-19(15)26-4/h5-11,18H,12-13H2,1-4H3,(H,22,24)/t18-/m0/s1. The van der Waals surface area contributed by atoms with Gasteiger partial charge in [-0.15, -0.1) is 0 Å². The molecule has 1 N–H and O–H groups in total. The van der Waals surface area contributed by atoms with Crippen molar-refractivity contribution in [3.05, 3.63) is 58.6 Å². The molecule has 0 unspecified atom stereocenters. The molecule has 140 valence electrons. The SMILES string of the molecule is COc1cccc([C@H](CNC(=O)Cc2cc(Cl)ccc2OC)N(C)C)c1. The number of benzene rings is 2. The summed E-state index contributed by atoms with van der Waals surface area (Å²) in [6.45, 7) is 0.488. The van der Waals surface area contributed by atoms with E-state index in [-0.39, 0.29) is 18.4 Å². The first kappa shape index (κ1) is 20.1. The van der Waals surface area contributed by atoms with Crippen molar-refractivity contribution in [2.45, 2.75) is 12.5 Å². The first-order chi connectivity index (χ1) is 12.4. The van der Waals surface area contributed by atoms with Gasteiger partial charge in [0.2, 0.25) is 5.91 Å². The first-order valence-electron chi connectivity index (χ1n) is 8.34. The van der Waals surface area contributed by atoms with E-state index in [1.807, 2.05) is 38.4 Å². The molecule has 0 bridgehead atoms. The van der Waals surface area contributed by atoms with Crippen molar-refractivity contribution >= 4 is 17.5 Å². The summed E-state index contributed by atoms with van der Waals surface area (Å²) < 4.78 is 10.6. The normalized spacial score (nSPS) is 11.9. The smallest absolute Gasteiger partial charge is 0.224 e. The van der Waals surface area contributed by atoms with Crippen LogP contribution in [0.3, 0.4) is 0 Å². The van der Waals surface area contributed by atoms with Crippen LogP contribution in [0.2, 0.25) is 5.02 Å². The zero-order valence-electron chi connectivity index (χ0n) is 15.6. The molecule has 6 heteroatoms. The van der Waals surface area contributed by atoms with E-state index in [0.717, 1.165) is 16.9 Å². The first-order valence-corrected chi connectivity index (χ1v) is 8.72. The van der Waals surface area contributed by atoms with Crippen LogP contribution in [0.1, 0.15) is 17.2 Å². The number of carbonyl (C=O) groups is 1. The van der Waals surface area contributed by atoms with E-state index in [2.05, 4.69) is 10.2 Å². The number of hydrogen-bond donors (Lipinski definition) is 1. The van der Waals surface area contributed by atoms with E-state index in [1.54, 1.807) is 32.4 Å². The monoisotopic (exact) mass is 376 g/mol. The maximum Gasteiger partial charge on any atom is 0.224 e. The van der Waals surface area contributed by atoms with Crippen LogP contribution in [0.5, 0.6) is 11.5 Å². The summed E-state index contributed by atoms with van der Waals surface area (Å²) in [6.07, 6.45) is 0.210. The molecular weight excluding hydrogens is 352 g/mol. The number of ether oxygens (including phenoxy) is 2. The van der Waals surface area contributed by atoms with Crippen molar-refractivity contribution in [3.63, 3.8) is 0 Å². The van der Waals surface area contributed by atoms with Gasteiger partial charge in [0, 0.05) is 17.1 Å². The van der Waals surface area contributed by atoms with Crippen molar-refractivity contribution < 1.29 is 14.3 Å². The molecule has 0 fully saturated rings. The van der Waals surface area contributed by atoms with Gasteiger partial charge in [0.25, 0.3) is 0 Å². The van der Waals surface area contributed by atoms with Crippen LogP contribution in [0.25, 0.3) is 0 Å². The van der Waals surface area contributed by atoms with Crippen molar-refractivity contribution in [3.8, 4) is 11.5 Å². The fraction of sp³-hybridized carbons (Fsp3) is 0.350. The van der Waals surface area contributed by atoms with Gasteiger partial charge < -0.3 is 19.7 Å². The quantitative estimate of drug-likeness (QED) is 0.767. The molecule has 0 saturated heterocycles. The largest absolute Gasteiger partial charge is 0.497 e. The highest BCUT2D eigenvalue weighted by Crippen LogP contribution is 2.24. The molecular formula is C20H25ClN2O3. The predicted octanol–water partition coefficient (Wildman–Crippen LogP) is 3.32. The molecule has 26 heavy (non-hydrogen) atoms. The summed E-state index contributed by atoms with van der Waals surface area (Å²) in [5, 5.41) is 3.58. The van der Waals surface area contributed by atoms with Gasteiger partial charge in [0.15, 0.2) is 0 Å². The van der Waals surface area contributed by atoms with Crippen molar-refractivity contribution in [1.82, 2.24) is 10.2 Å². The van der Waals surface area contributed by atoms with E-state index in [1.165, 1.54) is 0 Å². The van der Waals surface area contributed by atoms with Crippen LogP contribution in [-0.2, 0) is 11.2 Å². The molecule has 1 atom stereocenters. The lowest BCUT2D eigenvalue weighted by Crippen LogP contribution is -2.35. The Bertz CT molecular complexity index is 750. The van der Waals surface area contributed by atoms with Gasteiger partial charge in [0.1, 0.15) is 11.5 Å². The van der Waals surface area contributed by atoms with E-state index in [0.29, 0.717) is 17.3 Å². The Kier molecular flexibility index (Phi) is 7.30. The molecule has 0 radical (unpaired) electrons. The Labute approximate surface area is 159 Å². The average Bonchev–Trinajstić information content (AvgIpc) is 2.62. The summed E-state index contributed by atoms with van der Waals surface area (Å²) >= 11 is 6.03. The van der Waals surface area contributed by atoms with Gasteiger partial charge in [0.05, 0.1) is 26.7 Å². The lowest BCUT2D eigenvalue weighted by atomic mass is 10.1. The van der Waals surface area contributed by atoms with Crippen molar-refractivity contribution in [1.29, 1.82) is 0 Å². The van der Waals surface area contributed by atoms with Gasteiger partial charge in [-0.1, -0.05) is 23.7 Å². The number of hydrogen-bond acceptors (Lipinski definition) is 4. The van der Waals surface area contributed by atoms with E-state index < -0.39 is 0 Å². The number of rotatable bonds is 8. The Morgan fingerprint density at radius 2 is 1.92 bits per heavy atom. The molecule has 5 nitrogen and oxygen atoms in total. The zero-order valence-corrected chi connectivity index (χ0v) is 16.3. The summed E-state index contributed by atoms with van der Waals surface area (Å²) in [5.41, 5.74) is 1.84. The van der Waals surface area contributed by atoms with Gasteiger partial charge in [-0.25, -0.2) is 0 Å². The third-order valence-corrected chi connectivity index (χ3v) is 4.42. The highest BCUT2D eigenvalue weighted by atomic mass is 35.5. The van der Waals surface area contributed by atoms with E-state index >= 15 is 0 Å². The number of carbonyl (C=O) groups excluding carboxylic acids is 1. The van der Waals surface area contributed by atoms with Gasteiger partial charge in [-0.3, -0.25) is 4.79 Å². The Hall–Kier alpha value is -2.24. The maximum atomic E-state index is 12.4. The molecule has 0 spiro atoms. The summed E-state index contributed by atoms with van der Waals surface area (Å²) in [4.78, 5) is 14.5. The van der Waals surface area contributed by atoms with Crippen LogP contribution in [0.15, 0.2) is 42.5 Å². The summed E-state index contributed by atoms with van der Waals surface area (Å²) in [6, 6.07) is 13.2. The lowest BCUT2D eigenvalue weighted by Gasteiger charge is -2.25. The molecule has 0 aliphatic heterocycles. The van der Waals surface area contributed by atoms with Crippen LogP contribution in [0, 0.1) is 0 Å². The minimum absolute atomic E-state index is 0.0373. The van der Waals surface area contributed by atoms with Gasteiger partial charge >= 0.3 is 0 Å². The third-order valence-electron chi connectivity index (χ3n) is 4.19. The molecule has 0 heterocycles. The lowest BCUT2D eigenvalue weighted by molar-refractivity contribution is -0.120. The number of nitrogens with one attached hydrogen (secondary N) is 1. The molecule has 2 aromatic carbocycles. The van der Waals surface area contributed by atoms with Crippen LogP contribution in [0.4, 0.5) is 0 Å². The number of methoxy groups -OCH3 is 2. The minimum Gasteiger partial charge on any atom is -0.497 e. The van der Waals surface area contributed by atoms with Crippen molar-refractivity contribution in [2.24, 2.45) is 0 Å². The van der Waals surface area contributed by atoms with Crippen LogP contribution < -0.4 is 14.8 Å². The van der Waals surface area contributed by atoms with E-state index in [4.69, 9.17) is 21.1 Å². The van der Waals surface area contributed by atoms with Gasteiger partial charge in [-0.05, 0) is 50.0 Å². The van der Waals surface area contributed by atoms with Crippen LogP contribution >= 0.6 is 11.6 Å². The molecule has 2 rings (SSSR count). The Balaban J connectivity index is 2.05. The molecule has 0 saturated carbocycles. The van der Waals surface area contributed by atoms with Gasteiger partial charge in [-0.2, -0.15) is 0 Å². The second kappa shape index (κ2) is 9.46. The number of halogens is 1. The Morgan fingerprint density at radius 1 is 1.15 bits per heavy atom. The second-order valence-corrected chi connectivity index (χ2v) is 6.63. The maximum absolute atomic E-state index is 12.4. The third kappa shape index (κ3) is 5.38. The summed E-state index contributed by atoms with van der Waals surface area (Å²) in [7, 11) is 7.19. The van der Waals surface area contributed by atoms with E-state index in [9.17, 15) is 4.79 Å². The minimum atomic E-state index is -0.0830. The Morgan fingerprint density at radius 3 is 2.58 bits per heavy atom. The molecule has 1 amide bonds. The highest BCUT2D eigenvalue weighted by molar-refractivity contribution is 6.30. The fourth-order valence-electron chi connectivity index (χ4n) is 2.78. The zero-order chi connectivity index (χ0) is 19.1.